The Morgan fingerprint density at radius 2 is 1.75 bits per heavy atom. The van der Waals surface area contributed by atoms with Crippen molar-refractivity contribution in [2.45, 2.75) is 31.8 Å². The van der Waals surface area contributed by atoms with Gasteiger partial charge >= 0.3 is 0 Å². The first kappa shape index (κ1) is 13.2. The van der Waals surface area contributed by atoms with Gasteiger partial charge in [0.25, 0.3) is 0 Å². The van der Waals surface area contributed by atoms with Gasteiger partial charge in [0.1, 0.15) is 5.75 Å². The van der Waals surface area contributed by atoms with E-state index in [0.717, 1.165) is 24.8 Å². The van der Waals surface area contributed by atoms with Crippen molar-refractivity contribution in [2.75, 3.05) is 7.11 Å². The maximum atomic E-state index is 5.23. The van der Waals surface area contributed by atoms with Gasteiger partial charge in [0.2, 0.25) is 0 Å². The van der Waals surface area contributed by atoms with E-state index in [0.29, 0.717) is 0 Å². The van der Waals surface area contributed by atoms with Crippen molar-refractivity contribution < 1.29 is 4.74 Å². The number of nitrogens with one attached hydrogen (secondary N) is 1. The summed E-state index contributed by atoms with van der Waals surface area (Å²) in [5.41, 5.74) is 4.10. The van der Waals surface area contributed by atoms with Crippen molar-refractivity contribution >= 4 is 0 Å². The molecule has 0 aliphatic heterocycles. The molecule has 2 aromatic rings. The first-order valence-corrected chi connectivity index (χ1v) is 7.27. The van der Waals surface area contributed by atoms with Gasteiger partial charge in [0.05, 0.1) is 7.11 Å². The standard InChI is InChI=1S/C18H21NO/c1-20-18-4-2-3-15(11-18)13-19-12-14-5-7-16(8-6-14)17-9-10-17/h2-8,11,17,19H,9-10,12-13H2,1H3. The van der Waals surface area contributed by atoms with Gasteiger partial charge in [-0.25, -0.2) is 0 Å². The largest absolute Gasteiger partial charge is 0.497 e. The van der Waals surface area contributed by atoms with Gasteiger partial charge in [-0.2, -0.15) is 0 Å². The van der Waals surface area contributed by atoms with Crippen LogP contribution in [-0.4, -0.2) is 7.11 Å². The molecule has 0 spiro atoms. The maximum absolute atomic E-state index is 5.23. The highest BCUT2D eigenvalue weighted by atomic mass is 16.5. The van der Waals surface area contributed by atoms with Gasteiger partial charge in [-0.05, 0) is 47.6 Å². The van der Waals surface area contributed by atoms with Crippen LogP contribution in [0.25, 0.3) is 0 Å². The van der Waals surface area contributed by atoms with Crippen molar-refractivity contribution in [3.8, 4) is 5.75 Å². The smallest absolute Gasteiger partial charge is 0.119 e. The Balaban J connectivity index is 1.51. The normalized spacial score (nSPS) is 14.2. The second-order valence-electron chi connectivity index (χ2n) is 5.47. The molecule has 0 atom stereocenters. The molecule has 2 heteroatoms. The Bertz CT molecular complexity index is 558. The summed E-state index contributed by atoms with van der Waals surface area (Å²) in [5.74, 6) is 1.76. The molecule has 1 saturated carbocycles. The monoisotopic (exact) mass is 267 g/mol. The number of hydrogen-bond acceptors (Lipinski definition) is 2. The lowest BCUT2D eigenvalue weighted by atomic mass is 10.1. The molecule has 2 nitrogen and oxygen atoms in total. The van der Waals surface area contributed by atoms with Gasteiger partial charge < -0.3 is 10.1 Å². The van der Waals surface area contributed by atoms with E-state index in [1.165, 1.54) is 29.5 Å². The van der Waals surface area contributed by atoms with Crippen molar-refractivity contribution in [3.05, 3.63) is 65.2 Å². The van der Waals surface area contributed by atoms with E-state index >= 15 is 0 Å². The minimum atomic E-state index is 0.841. The zero-order valence-electron chi connectivity index (χ0n) is 11.9. The summed E-state index contributed by atoms with van der Waals surface area (Å²) in [5, 5.41) is 3.48. The second kappa shape index (κ2) is 6.10. The molecule has 0 heterocycles. The van der Waals surface area contributed by atoms with Crippen LogP contribution < -0.4 is 10.1 Å². The lowest BCUT2D eigenvalue weighted by Crippen LogP contribution is -2.12. The van der Waals surface area contributed by atoms with Crippen LogP contribution in [0, 0.1) is 0 Å². The quantitative estimate of drug-likeness (QED) is 0.858. The minimum absolute atomic E-state index is 0.841. The number of rotatable bonds is 6. The summed E-state index contributed by atoms with van der Waals surface area (Å²) in [7, 11) is 1.70. The number of ether oxygens (including phenoxy) is 1. The predicted molar refractivity (Wildman–Crippen MR) is 82.0 cm³/mol. The van der Waals surface area contributed by atoms with Crippen LogP contribution in [0.4, 0.5) is 0 Å². The Hall–Kier alpha value is -1.80. The summed E-state index contributed by atoms with van der Waals surface area (Å²) in [6, 6.07) is 17.2. The zero-order valence-corrected chi connectivity index (χ0v) is 11.9. The van der Waals surface area contributed by atoms with Crippen LogP contribution in [0.15, 0.2) is 48.5 Å². The van der Waals surface area contributed by atoms with E-state index < -0.39 is 0 Å². The number of benzene rings is 2. The minimum Gasteiger partial charge on any atom is -0.497 e. The van der Waals surface area contributed by atoms with E-state index in [4.69, 9.17) is 4.74 Å². The molecule has 0 unspecified atom stereocenters. The molecule has 0 bridgehead atoms. The summed E-state index contributed by atoms with van der Waals surface area (Å²) >= 11 is 0. The highest BCUT2D eigenvalue weighted by Crippen LogP contribution is 2.39. The fraction of sp³-hybridized carbons (Fsp3) is 0.333. The first-order chi connectivity index (χ1) is 9.85. The van der Waals surface area contributed by atoms with Crippen molar-refractivity contribution in [1.82, 2.24) is 5.32 Å². The van der Waals surface area contributed by atoms with Crippen LogP contribution in [0.2, 0.25) is 0 Å². The SMILES string of the molecule is COc1cccc(CNCc2ccc(C3CC3)cc2)c1. The van der Waals surface area contributed by atoms with Crippen LogP contribution >= 0.6 is 0 Å². The Labute approximate surface area is 120 Å². The average molecular weight is 267 g/mol. The Morgan fingerprint density at radius 1 is 1.00 bits per heavy atom. The molecule has 3 rings (SSSR count). The highest BCUT2D eigenvalue weighted by Gasteiger charge is 2.22. The molecule has 0 amide bonds. The summed E-state index contributed by atoms with van der Waals surface area (Å²) in [6.45, 7) is 1.77. The fourth-order valence-electron chi connectivity index (χ4n) is 2.46. The van der Waals surface area contributed by atoms with Gasteiger partial charge in [-0.1, -0.05) is 36.4 Å². The zero-order chi connectivity index (χ0) is 13.8. The van der Waals surface area contributed by atoms with Gasteiger partial charge in [0.15, 0.2) is 0 Å². The Morgan fingerprint density at radius 3 is 2.45 bits per heavy atom. The first-order valence-electron chi connectivity index (χ1n) is 7.27. The molecule has 1 aliphatic carbocycles. The Kier molecular flexibility index (Phi) is 4.03. The number of hydrogen-bond donors (Lipinski definition) is 1. The lowest BCUT2D eigenvalue weighted by molar-refractivity contribution is 0.414. The van der Waals surface area contributed by atoms with Crippen molar-refractivity contribution in [3.63, 3.8) is 0 Å². The van der Waals surface area contributed by atoms with Crippen LogP contribution in [-0.2, 0) is 13.1 Å². The third-order valence-corrected chi connectivity index (χ3v) is 3.82. The van der Waals surface area contributed by atoms with E-state index in [1.54, 1.807) is 7.11 Å². The molecule has 2 aromatic carbocycles. The summed E-state index contributed by atoms with van der Waals surface area (Å²) < 4.78 is 5.23. The third-order valence-electron chi connectivity index (χ3n) is 3.82. The summed E-state index contributed by atoms with van der Waals surface area (Å²) in [6.07, 6.45) is 2.74. The molecule has 0 saturated heterocycles. The molecule has 0 radical (unpaired) electrons. The molecular weight excluding hydrogens is 246 g/mol. The van der Waals surface area contributed by atoms with Crippen molar-refractivity contribution in [1.29, 1.82) is 0 Å². The molecule has 1 N–H and O–H groups in total. The average Bonchev–Trinajstić information content (AvgIpc) is 3.33. The van der Waals surface area contributed by atoms with E-state index in [-0.39, 0.29) is 0 Å². The van der Waals surface area contributed by atoms with Gasteiger partial charge in [-0.15, -0.1) is 0 Å². The van der Waals surface area contributed by atoms with E-state index in [1.807, 2.05) is 12.1 Å². The van der Waals surface area contributed by atoms with Gasteiger partial charge in [-0.3, -0.25) is 0 Å². The van der Waals surface area contributed by atoms with Crippen LogP contribution in [0.3, 0.4) is 0 Å². The van der Waals surface area contributed by atoms with E-state index in [9.17, 15) is 0 Å². The molecule has 104 valence electrons. The fourth-order valence-corrected chi connectivity index (χ4v) is 2.46. The number of methoxy groups -OCH3 is 1. The molecule has 0 aromatic heterocycles. The predicted octanol–water partition coefficient (Wildman–Crippen LogP) is 3.86. The van der Waals surface area contributed by atoms with Crippen LogP contribution in [0.1, 0.15) is 35.4 Å². The molecular formula is C18H21NO. The highest BCUT2D eigenvalue weighted by molar-refractivity contribution is 5.29. The molecule has 1 aliphatic rings. The maximum Gasteiger partial charge on any atom is 0.119 e. The third kappa shape index (κ3) is 3.40. The van der Waals surface area contributed by atoms with Gasteiger partial charge in [0, 0.05) is 13.1 Å². The van der Waals surface area contributed by atoms with E-state index in [2.05, 4.69) is 41.7 Å². The second-order valence-corrected chi connectivity index (χ2v) is 5.47. The van der Waals surface area contributed by atoms with Crippen LogP contribution in [0.5, 0.6) is 5.75 Å². The topological polar surface area (TPSA) is 21.3 Å². The molecule has 1 fully saturated rings. The molecule has 20 heavy (non-hydrogen) atoms. The lowest BCUT2D eigenvalue weighted by Gasteiger charge is -2.07. The van der Waals surface area contributed by atoms with Crippen molar-refractivity contribution in [2.24, 2.45) is 0 Å². The summed E-state index contributed by atoms with van der Waals surface area (Å²) in [4.78, 5) is 0.